The highest BCUT2D eigenvalue weighted by Crippen LogP contribution is 2.23. The van der Waals surface area contributed by atoms with Crippen LogP contribution in [-0.2, 0) is 6.54 Å². The Labute approximate surface area is 185 Å². The van der Waals surface area contributed by atoms with Crippen LogP contribution in [0.4, 0.5) is 32.2 Å². The van der Waals surface area contributed by atoms with E-state index in [0.717, 1.165) is 16.3 Å². The minimum Gasteiger partial charge on any atom is -1.00 e. The Morgan fingerprint density at radius 1 is 0.871 bits per heavy atom. The third kappa shape index (κ3) is 5.40. The lowest BCUT2D eigenvalue weighted by atomic mass is 10.1. The number of benzene rings is 3. The number of H-pyrrole nitrogens is 1. The molecule has 6 N–H and O–H groups in total. The molecule has 0 bridgehead atoms. The van der Waals surface area contributed by atoms with Gasteiger partial charge in [0.2, 0.25) is 11.6 Å². The van der Waals surface area contributed by atoms with E-state index in [0.29, 0.717) is 29.6 Å². The molecule has 4 rings (SSSR count). The Balaban J connectivity index is 0.00000272. The number of urea groups is 1. The fourth-order valence-electron chi connectivity index (χ4n) is 3.13. The monoisotopic (exact) mass is 437 g/mol. The summed E-state index contributed by atoms with van der Waals surface area (Å²) in [5.41, 5.74) is 8.16. The van der Waals surface area contributed by atoms with Crippen molar-refractivity contribution in [3.63, 3.8) is 0 Å². The number of hydrogen-bond donors (Lipinski definition) is 4. The van der Waals surface area contributed by atoms with Crippen molar-refractivity contribution in [2.75, 3.05) is 21.7 Å². The molecule has 0 aliphatic rings. The predicted octanol–water partition coefficient (Wildman–Crippen LogP) is 1.64. The number of rotatable bonds is 5. The lowest BCUT2D eigenvalue weighted by molar-refractivity contribution is -0.342. The molecular formula is C23H21ClFN5O. The van der Waals surface area contributed by atoms with Crippen molar-refractivity contribution >= 4 is 39.8 Å². The molecule has 4 aromatic rings. The predicted molar refractivity (Wildman–Crippen MR) is 118 cm³/mol. The smallest absolute Gasteiger partial charge is 0.323 e. The molecular weight excluding hydrogens is 417 g/mol. The number of carbonyl (C=O) groups excluding carboxylic acids is 1. The zero-order valence-electron chi connectivity index (χ0n) is 16.5. The van der Waals surface area contributed by atoms with Crippen LogP contribution < -0.4 is 39.1 Å². The van der Waals surface area contributed by atoms with Crippen molar-refractivity contribution < 1.29 is 26.6 Å². The average Bonchev–Trinajstić information content (AvgIpc) is 2.75. The largest absolute Gasteiger partial charge is 1.00 e. The van der Waals surface area contributed by atoms with Crippen LogP contribution in [0.15, 0.2) is 78.9 Å². The Kier molecular flexibility index (Phi) is 6.89. The van der Waals surface area contributed by atoms with E-state index in [1.54, 1.807) is 24.3 Å². The van der Waals surface area contributed by atoms with Crippen LogP contribution in [0.2, 0.25) is 0 Å². The minimum absolute atomic E-state index is 0. The van der Waals surface area contributed by atoms with Gasteiger partial charge in [0.15, 0.2) is 0 Å². The molecule has 0 saturated heterocycles. The van der Waals surface area contributed by atoms with Gasteiger partial charge < -0.3 is 34.1 Å². The van der Waals surface area contributed by atoms with Gasteiger partial charge in [-0.05, 0) is 35.2 Å². The second-order valence-corrected chi connectivity index (χ2v) is 6.79. The third-order valence-corrected chi connectivity index (χ3v) is 4.66. The molecule has 8 heteroatoms. The molecule has 0 aliphatic carbocycles. The van der Waals surface area contributed by atoms with Gasteiger partial charge in [-0.2, -0.15) is 0 Å². The van der Waals surface area contributed by atoms with Crippen LogP contribution in [0.1, 0.15) is 5.56 Å². The normalized spacial score (nSPS) is 10.2. The highest BCUT2D eigenvalue weighted by molar-refractivity contribution is 6.06. The minimum atomic E-state index is -0.390. The summed E-state index contributed by atoms with van der Waals surface area (Å²) >= 11 is 0. The highest BCUT2D eigenvalue weighted by Gasteiger charge is 2.11. The number of aromatic amines is 1. The topological polar surface area (TPSA) is 93.3 Å². The second-order valence-electron chi connectivity index (χ2n) is 6.79. The molecule has 6 nitrogen and oxygen atoms in total. The van der Waals surface area contributed by atoms with Crippen molar-refractivity contribution in [2.24, 2.45) is 0 Å². The van der Waals surface area contributed by atoms with Crippen LogP contribution in [0, 0.1) is 5.82 Å². The lowest BCUT2D eigenvalue weighted by Gasteiger charge is -2.11. The van der Waals surface area contributed by atoms with Gasteiger partial charge in [0.1, 0.15) is 11.5 Å². The summed E-state index contributed by atoms with van der Waals surface area (Å²) in [6.07, 6.45) is 0. The lowest BCUT2D eigenvalue weighted by Crippen LogP contribution is -3.00. The number of nitrogens with one attached hydrogen (secondary N) is 4. The molecule has 2 amide bonds. The highest BCUT2D eigenvalue weighted by atomic mass is 35.5. The van der Waals surface area contributed by atoms with E-state index < -0.39 is 6.03 Å². The van der Waals surface area contributed by atoms with Gasteiger partial charge in [-0.25, -0.2) is 14.2 Å². The number of fused-ring (bicyclic) bond motifs is 1. The number of anilines is 4. The number of halogens is 2. The second kappa shape index (κ2) is 9.77. The summed E-state index contributed by atoms with van der Waals surface area (Å²) in [7, 11) is 0. The number of carbonyl (C=O) groups is 1. The van der Waals surface area contributed by atoms with Gasteiger partial charge in [0.25, 0.3) is 0 Å². The summed E-state index contributed by atoms with van der Waals surface area (Å²) in [6, 6.07) is 22.9. The summed E-state index contributed by atoms with van der Waals surface area (Å²) in [5.74, 6) is 0.718. The van der Waals surface area contributed by atoms with Crippen LogP contribution in [0.3, 0.4) is 0 Å². The molecule has 0 fully saturated rings. The first-order chi connectivity index (χ1) is 14.6. The van der Waals surface area contributed by atoms with Gasteiger partial charge in [-0.3, -0.25) is 0 Å². The molecule has 0 atom stereocenters. The van der Waals surface area contributed by atoms with Crippen LogP contribution in [-0.4, -0.2) is 6.03 Å². The van der Waals surface area contributed by atoms with Gasteiger partial charge in [-0.15, -0.1) is 0 Å². The molecule has 0 spiro atoms. The summed E-state index contributed by atoms with van der Waals surface area (Å²) in [4.78, 5) is 15.5. The zero-order valence-corrected chi connectivity index (χ0v) is 17.2. The Morgan fingerprint density at radius 3 is 2.35 bits per heavy atom. The number of pyridine rings is 1. The molecule has 0 aliphatic heterocycles. The van der Waals surface area contributed by atoms with Gasteiger partial charge in [0.05, 0.1) is 12.2 Å². The Bertz CT molecular complexity index is 1190. The van der Waals surface area contributed by atoms with Crippen molar-refractivity contribution in [1.82, 2.24) is 0 Å². The van der Waals surface area contributed by atoms with Crippen LogP contribution >= 0.6 is 0 Å². The maximum atomic E-state index is 13.0. The van der Waals surface area contributed by atoms with Crippen molar-refractivity contribution in [2.45, 2.75) is 6.54 Å². The van der Waals surface area contributed by atoms with Crippen molar-refractivity contribution in [1.29, 1.82) is 0 Å². The fraction of sp³-hybridized carbons (Fsp3) is 0.0435. The van der Waals surface area contributed by atoms with E-state index in [2.05, 4.69) is 20.9 Å². The maximum Gasteiger partial charge on any atom is 0.323 e. The third-order valence-electron chi connectivity index (χ3n) is 4.66. The number of aromatic nitrogens is 1. The van der Waals surface area contributed by atoms with Crippen molar-refractivity contribution in [3.05, 3.63) is 90.2 Å². The molecule has 0 unspecified atom stereocenters. The van der Waals surface area contributed by atoms with Crippen molar-refractivity contribution in [3.8, 4) is 0 Å². The van der Waals surface area contributed by atoms with Crippen LogP contribution in [0.5, 0.6) is 0 Å². The molecule has 31 heavy (non-hydrogen) atoms. The van der Waals surface area contributed by atoms with E-state index in [4.69, 9.17) is 5.73 Å². The Hall–Kier alpha value is -3.84. The van der Waals surface area contributed by atoms with E-state index in [1.165, 1.54) is 12.1 Å². The van der Waals surface area contributed by atoms with E-state index in [1.807, 2.05) is 42.5 Å². The van der Waals surface area contributed by atoms with Gasteiger partial charge in [-0.1, -0.05) is 48.5 Å². The maximum absolute atomic E-state index is 13.0. The molecule has 0 radical (unpaired) electrons. The number of hydrogen-bond acceptors (Lipinski definition) is 3. The SMILES string of the molecule is Nc1[nH+]c(NCc2ccc(F)cc2)ccc1NC(=O)Nc1cccc2ccccc12.[Cl-]. The van der Waals surface area contributed by atoms with E-state index >= 15 is 0 Å². The number of nitrogen functional groups attached to an aromatic ring is 1. The molecule has 0 saturated carbocycles. The Morgan fingerprint density at radius 2 is 1.58 bits per heavy atom. The summed E-state index contributed by atoms with van der Waals surface area (Å²) in [5, 5.41) is 10.8. The number of amides is 2. The van der Waals surface area contributed by atoms with Gasteiger partial charge in [0, 0.05) is 11.5 Å². The molecule has 158 valence electrons. The fourth-order valence-corrected chi connectivity index (χ4v) is 3.13. The van der Waals surface area contributed by atoms with Gasteiger partial charge >= 0.3 is 6.03 Å². The first-order valence-electron chi connectivity index (χ1n) is 9.44. The number of nitrogens with two attached hydrogens (primary N) is 1. The average molecular weight is 438 g/mol. The molecule has 1 aromatic heterocycles. The first kappa shape index (κ1) is 21.9. The van der Waals surface area contributed by atoms with E-state index in [9.17, 15) is 9.18 Å². The summed E-state index contributed by atoms with van der Waals surface area (Å²) in [6.45, 7) is 0.505. The molecule has 3 aromatic carbocycles. The van der Waals surface area contributed by atoms with Crippen LogP contribution in [0.25, 0.3) is 10.8 Å². The molecule has 1 heterocycles. The quantitative estimate of drug-likeness (QED) is 0.382. The van der Waals surface area contributed by atoms with E-state index in [-0.39, 0.29) is 18.2 Å². The standard InChI is InChI=1S/C23H20FN5O.ClH/c24-17-10-8-15(9-11-17)14-26-21-13-12-20(22(25)29-21)28-23(30)27-19-7-3-5-16-4-1-2-6-18(16)19;/h1-13H,14H2,(H3,25,26,29)(H2,27,28,30);1H. The zero-order chi connectivity index (χ0) is 20.9. The summed E-state index contributed by atoms with van der Waals surface area (Å²) < 4.78 is 13.0. The first-order valence-corrected chi connectivity index (χ1v) is 9.44.